The maximum absolute atomic E-state index is 13.6. The normalized spacial score (nSPS) is 17.1. The van der Waals surface area contributed by atoms with Gasteiger partial charge < -0.3 is 9.47 Å². The Balaban J connectivity index is 1.75. The summed E-state index contributed by atoms with van der Waals surface area (Å²) in [7, 11) is -1.47. The monoisotopic (exact) mass is 580 g/mol. The molecule has 0 spiro atoms. The highest BCUT2D eigenvalue weighted by molar-refractivity contribution is 7.90. The van der Waals surface area contributed by atoms with Crippen LogP contribution < -0.4 is 24.5 Å². The van der Waals surface area contributed by atoms with Crippen LogP contribution >= 0.6 is 0 Å². The van der Waals surface area contributed by atoms with Gasteiger partial charge >= 0.3 is 6.18 Å². The van der Waals surface area contributed by atoms with E-state index in [0.29, 0.717) is 11.4 Å². The number of amidine groups is 1. The summed E-state index contributed by atoms with van der Waals surface area (Å²) in [6.07, 6.45) is -1.72. The Labute approximate surface area is 228 Å². The lowest BCUT2D eigenvalue weighted by molar-refractivity contribution is -0.137. The Kier molecular flexibility index (Phi) is 8.11. The molecule has 4 rings (SSSR count). The van der Waals surface area contributed by atoms with E-state index in [1.807, 2.05) is 0 Å². The summed E-state index contributed by atoms with van der Waals surface area (Å²) in [5, 5.41) is 3.19. The summed E-state index contributed by atoms with van der Waals surface area (Å²) in [6.45, 7) is 4.97. The molecule has 1 aliphatic rings. The van der Waals surface area contributed by atoms with Crippen molar-refractivity contribution in [1.29, 1.82) is 0 Å². The Morgan fingerprint density at radius 1 is 1.05 bits per heavy atom. The minimum Gasteiger partial charge on any atom is -0.479 e. The maximum Gasteiger partial charge on any atom is 0.416 e. The zero-order chi connectivity index (χ0) is 29.2. The number of methoxy groups -OCH3 is 2. The van der Waals surface area contributed by atoms with Crippen LogP contribution in [0.3, 0.4) is 0 Å². The predicted octanol–water partition coefficient (Wildman–Crippen LogP) is 2.78. The van der Waals surface area contributed by atoms with Crippen molar-refractivity contribution in [2.75, 3.05) is 19.1 Å². The molecule has 12 nitrogen and oxygen atoms in total. The molecule has 0 radical (unpaired) electrons. The molecule has 0 aliphatic carbocycles. The largest absolute Gasteiger partial charge is 0.479 e. The van der Waals surface area contributed by atoms with Crippen LogP contribution in [0.5, 0.6) is 11.8 Å². The quantitative estimate of drug-likeness (QED) is 0.388. The van der Waals surface area contributed by atoms with E-state index in [1.165, 1.54) is 44.4 Å². The molecule has 1 aromatic carbocycles. The Hall–Kier alpha value is -4.05. The van der Waals surface area contributed by atoms with Crippen molar-refractivity contribution in [1.82, 2.24) is 30.1 Å². The molecular weight excluding hydrogens is 553 g/mol. The van der Waals surface area contributed by atoms with Crippen LogP contribution in [0.2, 0.25) is 0 Å². The van der Waals surface area contributed by atoms with Gasteiger partial charge in [0.15, 0.2) is 17.8 Å². The second kappa shape index (κ2) is 11.2. The first-order valence-corrected chi connectivity index (χ1v) is 13.4. The van der Waals surface area contributed by atoms with Gasteiger partial charge in [-0.15, -0.1) is 0 Å². The van der Waals surface area contributed by atoms with Crippen molar-refractivity contribution in [3.63, 3.8) is 0 Å². The highest BCUT2D eigenvalue weighted by atomic mass is 32.2. The number of nitrogens with one attached hydrogen (secondary N) is 2. The summed E-state index contributed by atoms with van der Waals surface area (Å²) in [4.78, 5) is 17.9. The van der Waals surface area contributed by atoms with Crippen molar-refractivity contribution < 1.29 is 31.1 Å². The number of sulfonamides is 1. The number of hydrogen-bond donors (Lipinski definition) is 2. The van der Waals surface area contributed by atoms with E-state index in [0.717, 1.165) is 18.5 Å². The standard InChI is InChI=1S/C24H27F3N8O4S/c1-13-10-29-18(11-28-13)14(2)15(3)40(36,37)34-23-33-32-20(16-7-6-8-17(9-16)24(25,26)27)35(23)19-21(38-4)30-12-31-22(19)39-5/h6-12,14-15,23,33-34H,1-5H3/t14-,15-,23?/m0/s1. The third-order valence-electron chi connectivity index (χ3n) is 6.35. The zero-order valence-corrected chi connectivity index (χ0v) is 22.9. The maximum atomic E-state index is 13.6. The Morgan fingerprint density at radius 2 is 1.73 bits per heavy atom. The summed E-state index contributed by atoms with van der Waals surface area (Å²) >= 11 is 0. The van der Waals surface area contributed by atoms with Crippen molar-refractivity contribution in [3.8, 4) is 11.8 Å². The molecule has 1 unspecified atom stereocenters. The second-order valence-electron chi connectivity index (χ2n) is 8.90. The molecule has 3 heterocycles. The average Bonchev–Trinajstić information content (AvgIpc) is 3.33. The van der Waals surface area contributed by atoms with Crippen LogP contribution in [0.25, 0.3) is 0 Å². The van der Waals surface area contributed by atoms with Crippen molar-refractivity contribution in [2.45, 2.75) is 44.4 Å². The van der Waals surface area contributed by atoms with Gasteiger partial charge in [0, 0.05) is 23.9 Å². The van der Waals surface area contributed by atoms with E-state index < -0.39 is 39.2 Å². The van der Waals surface area contributed by atoms with Gasteiger partial charge in [0.2, 0.25) is 21.8 Å². The number of halogens is 3. The fraction of sp³-hybridized carbons (Fsp3) is 0.375. The summed E-state index contributed by atoms with van der Waals surface area (Å²) < 4.78 is 80.9. The summed E-state index contributed by atoms with van der Waals surface area (Å²) in [5.74, 6) is -0.685. The molecule has 2 N–H and O–H groups in total. The molecule has 0 fully saturated rings. The highest BCUT2D eigenvalue weighted by Gasteiger charge is 2.41. The van der Waals surface area contributed by atoms with E-state index in [-0.39, 0.29) is 28.8 Å². The molecule has 0 bridgehead atoms. The van der Waals surface area contributed by atoms with Crippen molar-refractivity contribution >= 4 is 21.5 Å². The van der Waals surface area contributed by atoms with Gasteiger partial charge in [-0.2, -0.15) is 33.0 Å². The second-order valence-corrected chi connectivity index (χ2v) is 11.0. The number of aromatic nitrogens is 4. The molecule has 2 aromatic heterocycles. The fourth-order valence-electron chi connectivity index (χ4n) is 3.97. The molecule has 1 aliphatic heterocycles. The van der Waals surface area contributed by atoms with Crippen LogP contribution in [0.1, 0.15) is 42.3 Å². The zero-order valence-electron chi connectivity index (χ0n) is 22.1. The molecule has 40 heavy (non-hydrogen) atoms. The predicted molar refractivity (Wildman–Crippen MR) is 139 cm³/mol. The summed E-state index contributed by atoms with van der Waals surface area (Å²) in [6, 6.07) is 4.44. The van der Waals surface area contributed by atoms with Crippen LogP contribution in [0, 0.1) is 6.92 Å². The van der Waals surface area contributed by atoms with E-state index in [2.05, 4.69) is 35.2 Å². The molecular formula is C24H27F3N8O4S. The van der Waals surface area contributed by atoms with Crippen molar-refractivity contribution in [3.05, 3.63) is 65.5 Å². The van der Waals surface area contributed by atoms with Gasteiger partial charge in [-0.3, -0.25) is 20.3 Å². The Morgan fingerprint density at radius 3 is 2.30 bits per heavy atom. The number of benzene rings is 1. The van der Waals surface area contributed by atoms with E-state index in [4.69, 9.17) is 9.47 Å². The lowest BCUT2D eigenvalue weighted by Gasteiger charge is -2.30. The van der Waals surface area contributed by atoms with Crippen LogP contribution in [-0.4, -0.2) is 59.9 Å². The van der Waals surface area contributed by atoms with E-state index in [9.17, 15) is 21.6 Å². The number of alkyl halides is 3. The fourth-order valence-corrected chi connectivity index (χ4v) is 5.33. The van der Waals surface area contributed by atoms with Crippen LogP contribution in [0.4, 0.5) is 18.9 Å². The number of rotatable bonds is 9. The molecule has 0 saturated heterocycles. The van der Waals surface area contributed by atoms with Gasteiger partial charge in [0.05, 0.1) is 36.4 Å². The third-order valence-corrected chi connectivity index (χ3v) is 8.29. The first-order chi connectivity index (χ1) is 18.9. The first-order valence-electron chi connectivity index (χ1n) is 11.9. The highest BCUT2D eigenvalue weighted by Crippen LogP contribution is 2.38. The van der Waals surface area contributed by atoms with Gasteiger partial charge in [-0.1, -0.05) is 19.1 Å². The van der Waals surface area contributed by atoms with E-state index >= 15 is 0 Å². The number of nitrogens with zero attached hydrogens (tertiary/aromatic N) is 6. The van der Waals surface area contributed by atoms with Gasteiger partial charge in [-0.05, 0) is 26.0 Å². The Bertz CT molecular complexity index is 1480. The summed E-state index contributed by atoms with van der Waals surface area (Å²) in [5.41, 5.74) is 2.97. The number of ether oxygens (including phenoxy) is 2. The molecule has 16 heteroatoms. The lowest BCUT2D eigenvalue weighted by atomic mass is 10.1. The van der Waals surface area contributed by atoms with Gasteiger partial charge in [0.25, 0.3) is 0 Å². The third kappa shape index (κ3) is 5.77. The number of hydrogen-bond acceptors (Lipinski definition) is 11. The molecule has 214 valence electrons. The minimum atomic E-state index is -4.62. The first kappa shape index (κ1) is 28.9. The number of hydrazone groups is 1. The molecule has 3 aromatic rings. The van der Waals surface area contributed by atoms with Gasteiger partial charge in [0.1, 0.15) is 6.33 Å². The van der Waals surface area contributed by atoms with E-state index in [1.54, 1.807) is 20.0 Å². The van der Waals surface area contributed by atoms with Crippen molar-refractivity contribution in [2.24, 2.45) is 5.10 Å². The van der Waals surface area contributed by atoms with Crippen LogP contribution in [0.15, 0.2) is 48.1 Å². The number of aryl methyl sites for hydroxylation is 1. The topological polar surface area (TPSA) is 144 Å². The number of anilines is 1. The molecule has 0 amide bonds. The van der Waals surface area contributed by atoms with Crippen LogP contribution in [-0.2, 0) is 16.2 Å². The molecule has 3 atom stereocenters. The average molecular weight is 581 g/mol. The smallest absolute Gasteiger partial charge is 0.416 e. The lowest BCUT2D eigenvalue weighted by Crippen LogP contribution is -2.55. The SMILES string of the molecule is COc1ncnc(OC)c1N1C(c2cccc(C(F)(F)F)c2)=NNC1NS(=O)(=O)[C@@H](C)[C@H](C)c1cnc(C)cn1. The molecule has 0 saturated carbocycles. The minimum absolute atomic E-state index is 0.0317. The van der Waals surface area contributed by atoms with Gasteiger partial charge in [-0.25, -0.2) is 8.42 Å².